The molecule has 16 nitrogen and oxygen atoms in total. The summed E-state index contributed by atoms with van der Waals surface area (Å²) < 4.78 is 76.9. The van der Waals surface area contributed by atoms with Gasteiger partial charge in [-0.25, -0.2) is 9.18 Å². The van der Waals surface area contributed by atoms with Crippen molar-refractivity contribution in [1.82, 2.24) is 25.3 Å². The van der Waals surface area contributed by atoms with Crippen LogP contribution < -0.4 is 25.4 Å². The number of terminal acetylenes is 1. The van der Waals surface area contributed by atoms with Crippen molar-refractivity contribution < 1.29 is 60.5 Å². The third-order valence-corrected chi connectivity index (χ3v) is 8.30. The van der Waals surface area contributed by atoms with Crippen molar-refractivity contribution in [2.75, 3.05) is 30.9 Å². The first-order chi connectivity index (χ1) is 25.8. The largest absolute Gasteiger partial charge is 0.480 e. The molecule has 0 bridgehead atoms. The first-order valence-electron chi connectivity index (χ1n) is 15.6. The average Bonchev–Trinajstić information content (AvgIpc) is 3.72. The molecule has 1 amide bonds. The summed E-state index contributed by atoms with van der Waals surface area (Å²) >= 11 is 12.4. The molecule has 4 aromatic rings. The van der Waals surface area contributed by atoms with E-state index in [0.29, 0.717) is 23.0 Å². The normalized spacial score (nSPS) is 11.4. The highest BCUT2D eigenvalue weighted by Gasteiger charge is 2.36. The highest BCUT2D eigenvalue weighted by molar-refractivity contribution is 7.51. The van der Waals surface area contributed by atoms with Gasteiger partial charge in [0.2, 0.25) is 10.9 Å². The lowest BCUT2D eigenvalue weighted by atomic mass is 9.97. The SMILES string of the molecule is C#CCOc1cc(-n2nc(C(C)(C)C)oc2=O)c(Cl)cc1Cl.CC(C)N(C(=O)COc1nnc(C(F)(F)F)s1)c1ccc(F)cc1.O=C(O)CNCP(=O)(O)O. The molecule has 0 radical (unpaired) electrons. The fourth-order valence-corrected chi connectivity index (χ4v) is 5.34. The minimum atomic E-state index is -4.61. The Morgan fingerprint density at radius 2 is 1.73 bits per heavy atom. The van der Waals surface area contributed by atoms with Crippen molar-refractivity contribution >= 4 is 59.7 Å². The molecule has 2 aromatic carbocycles. The zero-order chi connectivity index (χ0) is 42.6. The Kier molecular flexibility index (Phi) is 17.5. The molecule has 56 heavy (non-hydrogen) atoms. The van der Waals surface area contributed by atoms with Crippen molar-refractivity contribution in [1.29, 1.82) is 0 Å². The number of amides is 1. The number of carbonyl (C=O) groups is 2. The number of carboxylic acid groups (broad SMARTS) is 1. The summed E-state index contributed by atoms with van der Waals surface area (Å²) in [5.74, 6) is 0.217. The second-order valence-corrected chi connectivity index (χ2v) is 15.6. The number of carboxylic acids is 1. The maximum Gasteiger partial charge on any atom is 0.445 e. The Morgan fingerprint density at radius 3 is 2.21 bits per heavy atom. The molecular weight excluding hydrogens is 838 g/mol. The molecule has 4 N–H and O–H groups in total. The van der Waals surface area contributed by atoms with E-state index in [1.54, 1.807) is 13.8 Å². The van der Waals surface area contributed by atoms with Crippen LogP contribution in [0.25, 0.3) is 5.69 Å². The maximum atomic E-state index is 13.0. The molecular formula is C32H35Cl2F4N6O10PS. The van der Waals surface area contributed by atoms with Crippen molar-refractivity contribution in [2.24, 2.45) is 0 Å². The Hall–Kier alpha value is -4.55. The number of nitrogens with one attached hydrogen (secondary N) is 1. The number of aromatic nitrogens is 4. The summed E-state index contributed by atoms with van der Waals surface area (Å²) in [5.41, 5.74) is 0.349. The smallest absolute Gasteiger partial charge is 0.445 e. The number of aliphatic carboxylic acids is 1. The molecule has 0 saturated heterocycles. The molecule has 0 aliphatic carbocycles. The number of alkyl halides is 3. The summed E-state index contributed by atoms with van der Waals surface area (Å²) in [6.45, 7) is 8.23. The zero-order valence-electron chi connectivity index (χ0n) is 30.0. The molecule has 0 unspecified atom stereocenters. The predicted octanol–water partition coefficient (Wildman–Crippen LogP) is 5.75. The fourth-order valence-electron chi connectivity index (χ4n) is 3.86. The van der Waals surface area contributed by atoms with Crippen LogP contribution in [0.2, 0.25) is 10.0 Å². The van der Waals surface area contributed by atoms with E-state index >= 15 is 0 Å². The summed E-state index contributed by atoms with van der Waals surface area (Å²) in [7, 11) is -4.10. The second kappa shape index (κ2) is 20.6. The summed E-state index contributed by atoms with van der Waals surface area (Å²) in [5, 5.41) is 19.5. The van der Waals surface area contributed by atoms with E-state index in [1.807, 2.05) is 20.8 Å². The van der Waals surface area contributed by atoms with Crippen LogP contribution in [0, 0.1) is 18.2 Å². The van der Waals surface area contributed by atoms with Crippen LogP contribution >= 0.6 is 42.1 Å². The van der Waals surface area contributed by atoms with Crippen LogP contribution in [0.1, 0.15) is 45.5 Å². The fraction of sp³-hybridized carbons (Fsp3) is 0.375. The lowest BCUT2D eigenvalue weighted by Crippen LogP contribution is -2.40. The summed E-state index contributed by atoms with van der Waals surface area (Å²) in [6, 6.07) is 7.98. The van der Waals surface area contributed by atoms with Gasteiger partial charge in [0.05, 0.1) is 28.6 Å². The molecule has 0 aliphatic rings. The van der Waals surface area contributed by atoms with E-state index in [0.717, 1.165) is 4.68 Å². The third kappa shape index (κ3) is 15.5. The van der Waals surface area contributed by atoms with Crippen LogP contribution in [0.4, 0.5) is 23.2 Å². The number of carbonyl (C=O) groups excluding carboxylic acids is 1. The van der Waals surface area contributed by atoms with Gasteiger partial charge in [0.1, 0.15) is 18.2 Å². The second-order valence-electron chi connectivity index (χ2n) is 12.2. The quantitative estimate of drug-likeness (QED) is 0.0757. The topological polar surface area (TPSA) is 219 Å². The van der Waals surface area contributed by atoms with Gasteiger partial charge in [-0.3, -0.25) is 19.5 Å². The van der Waals surface area contributed by atoms with Gasteiger partial charge in [-0.15, -0.1) is 16.6 Å². The Bertz CT molecular complexity index is 2100. The monoisotopic (exact) mass is 872 g/mol. The first kappa shape index (κ1) is 47.6. The third-order valence-electron chi connectivity index (χ3n) is 6.18. The van der Waals surface area contributed by atoms with Crippen molar-refractivity contribution in [2.45, 2.75) is 52.3 Å². The van der Waals surface area contributed by atoms with Gasteiger partial charge < -0.3 is 33.7 Å². The van der Waals surface area contributed by atoms with Gasteiger partial charge in [-0.05, 0) is 44.2 Å². The maximum absolute atomic E-state index is 13.0. The number of rotatable bonds is 12. The van der Waals surface area contributed by atoms with Gasteiger partial charge in [0, 0.05) is 23.2 Å². The minimum absolute atomic E-state index is 0.0434. The average molecular weight is 874 g/mol. The van der Waals surface area contributed by atoms with Crippen LogP contribution in [0.3, 0.4) is 0 Å². The number of ether oxygens (including phenoxy) is 2. The van der Waals surface area contributed by atoms with Gasteiger partial charge in [-0.2, -0.15) is 17.9 Å². The van der Waals surface area contributed by atoms with Gasteiger partial charge in [0.15, 0.2) is 6.61 Å². The van der Waals surface area contributed by atoms with E-state index in [4.69, 9.17) is 58.4 Å². The molecule has 0 atom stereocenters. The number of anilines is 1. The van der Waals surface area contributed by atoms with Crippen LogP contribution in [-0.4, -0.2) is 78.8 Å². The standard InChI is InChI=1S/C15H14Cl2N2O3.C14H13F4N3O2S.C3H8NO5P/c1-5-6-21-12-8-11(9(16)7-10(12)17)19-14(20)22-13(18-19)15(2,3)4;1-8(2)21(10-5-3-9(15)4-6-10)11(22)7-23-13-20-19-12(24-13)14(16,17)18;5-3(6)1-4-2-10(7,8)9/h1,7-8H,6H2,2-4H3;3-6,8H,7H2,1-2H3;4H,1-2H2,(H,5,6)(H2,7,8,9). The van der Waals surface area contributed by atoms with Gasteiger partial charge >= 0.3 is 25.5 Å². The first-order valence-corrected chi connectivity index (χ1v) is 19.0. The lowest BCUT2D eigenvalue weighted by molar-refractivity contribution is -0.138. The Labute approximate surface area is 330 Å². The molecule has 24 heteroatoms. The van der Waals surface area contributed by atoms with E-state index in [9.17, 15) is 36.5 Å². The molecule has 0 spiro atoms. The minimum Gasteiger partial charge on any atom is -0.480 e. The number of nitrogens with zero attached hydrogens (tertiary/aromatic N) is 5. The van der Waals surface area contributed by atoms with E-state index in [-0.39, 0.29) is 39.2 Å². The predicted molar refractivity (Wildman–Crippen MR) is 197 cm³/mol. The van der Waals surface area contributed by atoms with Crippen molar-refractivity contribution in [3.05, 3.63) is 73.7 Å². The van der Waals surface area contributed by atoms with Crippen molar-refractivity contribution in [3.63, 3.8) is 0 Å². The zero-order valence-corrected chi connectivity index (χ0v) is 33.2. The van der Waals surface area contributed by atoms with Crippen LogP contribution in [-0.2, 0) is 25.7 Å². The van der Waals surface area contributed by atoms with Gasteiger partial charge in [-0.1, -0.05) is 66.3 Å². The summed E-state index contributed by atoms with van der Waals surface area (Å²) in [6.07, 6.45) is -0.0536. The number of hydrogen-bond acceptors (Lipinski definition) is 12. The Balaban J connectivity index is 0.000000314. The number of halogens is 6. The molecule has 2 heterocycles. The van der Waals surface area contributed by atoms with E-state index in [1.165, 1.54) is 41.3 Å². The highest BCUT2D eigenvalue weighted by atomic mass is 35.5. The molecule has 4 rings (SSSR count). The van der Waals surface area contributed by atoms with E-state index in [2.05, 4.69) is 26.5 Å². The van der Waals surface area contributed by atoms with Crippen molar-refractivity contribution in [3.8, 4) is 29.0 Å². The van der Waals surface area contributed by atoms with Gasteiger partial charge in [0.25, 0.3) is 11.1 Å². The molecule has 0 aliphatic heterocycles. The number of benzene rings is 2. The highest BCUT2D eigenvalue weighted by Crippen LogP contribution is 2.35. The Morgan fingerprint density at radius 1 is 1.11 bits per heavy atom. The molecule has 0 saturated carbocycles. The molecule has 2 aromatic heterocycles. The lowest BCUT2D eigenvalue weighted by Gasteiger charge is -2.26. The van der Waals surface area contributed by atoms with Crippen LogP contribution in [0.5, 0.6) is 10.9 Å². The molecule has 0 fully saturated rings. The van der Waals surface area contributed by atoms with Crippen LogP contribution in [0.15, 0.2) is 45.6 Å². The summed E-state index contributed by atoms with van der Waals surface area (Å²) in [4.78, 5) is 51.8. The van der Waals surface area contributed by atoms with E-state index < -0.39 is 67.1 Å². The number of hydrogen-bond donors (Lipinski definition) is 4. The molecule has 306 valence electrons.